The van der Waals surface area contributed by atoms with Crippen molar-refractivity contribution in [3.63, 3.8) is 0 Å². The molecule has 0 spiro atoms. The monoisotopic (exact) mass is 193 g/mol. The summed E-state index contributed by atoms with van der Waals surface area (Å²) in [4.78, 5) is 7.73. The number of hydrogen-bond acceptors (Lipinski definition) is 2. The van der Waals surface area contributed by atoms with Crippen molar-refractivity contribution in [3.05, 3.63) is 17.7 Å². The lowest BCUT2D eigenvalue weighted by molar-refractivity contribution is 0.336. The predicted molar refractivity (Wildman–Crippen MR) is 56.9 cm³/mol. The zero-order chi connectivity index (χ0) is 9.97. The Kier molecular flexibility index (Phi) is 2.87. The van der Waals surface area contributed by atoms with Crippen molar-refractivity contribution in [3.8, 4) is 0 Å². The van der Waals surface area contributed by atoms with Crippen LogP contribution in [0.2, 0.25) is 0 Å². The van der Waals surface area contributed by atoms with Crippen LogP contribution >= 0.6 is 0 Å². The molecular formula is C11H19N3. The van der Waals surface area contributed by atoms with E-state index in [2.05, 4.69) is 16.9 Å². The zero-order valence-electron chi connectivity index (χ0n) is 8.79. The molecular weight excluding hydrogens is 174 g/mol. The van der Waals surface area contributed by atoms with E-state index in [9.17, 15) is 0 Å². The molecule has 3 N–H and O–H groups in total. The summed E-state index contributed by atoms with van der Waals surface area (Å²) in [6.45, 7) is 2.90. The minimum Gasteiger partial charge on any atom is -0.345 e. The second kappa shape index (κ2) is 4.13. The van der Waals surface area contributed by atoms with E-state index < -0.39 is 0 Å². The lowest BCUT2D eigenvalue weighted by atomic mass is 9.82. The van der Waals surface area contributed by atoms with Crippen molar-refractivity contribution in [2.75, 3.05) is 0 Å². The van der Waals surface area contributed by atoms with Crippen molar-refractivity contribution < 1.29 is 0 Å². The lowest BCUT2D eigenvalue weighted by Crippen LogP contribution is -2.13. The molecule has 0 aliphatic heterocycles. The third kappa shape index (κ3) is 1.98. The van der Waals surface area contributed by atoms with E-state index in [1.807, 2.05) is 6.20 Å². The van der Waals surface area contributed by atoms with Crippen LogP contribution in [0.15, 0.2) is 6.20 Å². The molecule has 3 heteroatoms. The van der Waals surface area contributed by atoms with Crippen LogP contribution in [0.4, 0.5) is 0 Å². The molecule has 1 aromatic heterocycles. The highest BCUT2D eigenvalue weighted by molar-refractivity contribution is 5.06. The minimum absolute atomic E-state index is 0.565. The highest BCUT2D eigenvalue weighted by Gasteiger charge is 2.22. The number of aromatic amines is 1. The number of rotatable bonds is 2. The Morgan fingerprint density at radius 1 is 1.57 bits per heavy atom. The average Bonchev–Trinajstić information content (AvgIpc) is 2.66. The number of hydrogen-bond donors (Lipinski definition) is 2. The van der Waals surface area contributed by atoms with E-state index in [-0.39, 0.29) is 0 Å². The normalized spacial score (nSPS) is 27.9. The molecule has 1 aliphatic carbocycles. The fourth-order valence-corrected chi connectivity index (χ4v) is 2.37. The summed E-state index contributed by atoms with van der Waals surface area (Å²) >= 11 is 0. The van der Waals surface area contributed by atoms with Crippen LogP contribution in [0.5, 0.6) is 0 Å². The van der Waals surface area contributed by atoms with Gasteiger partial charge in [0.15, 0.2) is 0 Å². The van der Waals surface area contributed by atoms with Crippen LogP contribution in [0.3, 0.4) is 0 Å². The second-order valence-electron chi connectivity index (χ2n) is 4.47. The second-order valence-corrected chi connectivity index (χ2v) is 4.47. The Balaban J connectivity index is 2.06. The summed E-state index contributed by atoms with van der Waals surface area (Å²) in [5.74, 6) is 2.64. The van der Waals surface area contributed by atoms with Gasteiger partial charge < -0.3 is 10.7 Å². The maximum Gasteiger partial charge on any atom is 0.109 e. The average molecular weight is 193 g/mol. The van der Waals surface area contributed by atoms with E-state index in [0.29, 0.717) is 12.5 Å². The van der Waals surface area contributed by atoms with Gasteiger partial charge in [0.25, 0.3) is 0 Å². The number of nitrogens with zero attached hydrogens (tertiary/aromatic N) is 1. The SMILES string of the molecule is CC1CCCC(c2ncc(CN)[nH]2)C1. The Hall–Kier alpha value is -0.830. The predicted octanol–water partition coefficient (Wildman–Crippen LogP) is 2.16. The van der Waals surface area contributed by atoms with Crippen molar-refractivity contribution in [2.45, 2.75) is 45.1 Å². The van der Waals surface area contributed by atoms with Gasteiger partial charge in [0.05, 0.1) is 0 Å². The molecule has 2 atom stereocenters. The van der Waals surface area contributed by atoms with E-state index in [1.165, 1.54) is 25.7 Å². The molecule has 14 heavy (non-hydrogen) atoms. The summed E-state index contributed by atoms with van der Waals surface area (Å²) in [6, 6.07) is 0. The lowest BCUT2D eigenvalue weighted by Gasteiger charge is -2.24. The van der Waals surface area contributed by atoms with Gasteiger partial charge in [0.1, 0.15) is 5.82 Å². The summed E-state index contributed by atoms with van der Waals surface area (Å²) < 4.78 is 0. The highest BCUT2D eigenvalue weighted by Crippen LogP contribution is 2.34. The quantitative estimate of drug-likeness (QED) is 0.756. The Labute approximate surface area is 85.1 Å². The van der Waals surface area contributed by atoms with Gasteiger partial charge in [-0.25, -0.2) is 4.98 Å². The van der Waals surface area contributed by atoms with Gasteiger partial charge >= 0.3 is 0 Å². The van der Waals surface area contributed by atoms with Crippen LogP contribution in [0, 0.1) is 5.92 Å². The molecule has 1 saturated carbocycles. The summed E-state index contributed by atoms with van der Waals surface area (Å²) in [6.07, 6.45) is 7.14. The fourth-order valence-electron chi connectivity index (χ4n) is 2.37. The van der Waals surface area contributed by atoms with Crippen LogP contribution < -0.4 is 5.73 Å². The van der Waals surface area contributed by atoms with Gasteiger partial charge in [-0.05, 0) is 18.8 Å². The molecule has 0 aromatic carbocycles. The fraction of sp³-hybridized carbons (Fsp3) is 0.727. The maximum atomic E-state index is 5.55. The first-order chi connectivity index (χ1) is 6.79. The standard InChI is InChI=1S/C11H19N3/c1-8-3-2-4-9(5-8)11-13-7-10(6-12)14-11/h7-9H,2-6,12H2,1H3,(H,13,14). The molecule has 1 aliphatic rings. The van der Waals surface area contributed by atoms with Crippen molar-refractivity contribution in [2.24, 2.45) is 11.7 Å². The number of aromatic nitrogens is 2. The third-order valence-corrected chi connectivity index (χ3v) is 3.19. The van der Waals surface area contributed by atoms with E-state index in [0.717, 1.165) is 17.4 Å². The smallest absolute Gasteiger partial charge is 0.109 e. The van der Waals surface area contributed by atoms with Gasteiger partial charge in [-0.1, -0.05) is 19.8 Å². The van der Waals surface area contributed by atoms with Gasteiger partial charge in [-0.3, -0.25) is 0 Å². The van der Waals surface area contributed by atoms with Crippen molar-refractivity contribution >= 4 is 0 Å². The minimum atomic E-state index is 0.565. The van der Waals surface area contributed by atoms with Crippen LogP contribution in [-0.4, -0.2) is 9.97 Å². The van der Waals surface area contributed by atoms with Gasteiger partial charge in [0, 0.05) is 24.4 Å². The molecule has 3 nitrogen and oxygen atoms in total. The van der Waals surface area contributed by atoms with Gasteiger partial charge in [0.2, 0.25) is 0 Å². The largest absolute Gasteiger partial charge is 0.345 e. The summed E-state index contributed by atoms with van der Waals surface area (Å²) in [5.41, 5.74) is 6.60. The maximum absolute atomic E-state index is 5.55. The molecule has 78 valence electrons. The summed E-state index contributed by atoms with van der Waals surface area (Å²) in [5, 5.41) is 0. The Morgan fingerprint density at radius 3 is 3.07 bits per heavy atom. The van der Waals surface area contributed by atoms with Gasteiger partial charge in [-0.2, -0.15) is 0 Å². The summed E-state index contributed by atoms with van der Waals surface area (Å²) in [7, 11) is 0. The molecule has 1 heterocycles. The topological polar surface area (TPSA) is 54.7 Å². The van der Waals surface area contributed by atoms with Gasteiger partial charge in [-0.15, -0.1) is 0 Å². The molecule has 0 amide bonds. The molecule has 2 unspecified atom stereocenters. The van der Waals surface area contributed by atoms with E-state index >= 15 is 0 Å². The van der Waals surface area contributed by atoms with Crippen LogP contribution in [0.1, 0.15) is 50.0 Å². The molecule has 1 fully saturated rings. The Bertz CT molecular complexity index is 292. The zero-order valence-corrected chi connectivity index (χ0v) is 8.79. The molecule has 0 saturated heterocycles. The number of nitrogens with two attached hydrogens (primary N) is 1. The Morgan fingerprint density at radius 2 is 2.43 bits per heavy atom. The first-order valence-electron chi connectivity index (χ1n) is 5.53. The third-order valence-electron chi connectivity index (χ3n) is 3.19. The first-order valence-corrected chi connectivity index (χ1v) is 5.53. The molecule has 1 aromatic rings. The highest BCUT2D eigenvalue weighted by atomic mass is 14.9. The van der Waals surface area contributed by atoms with Crippen molar-refractivity contribution in [1.29, 1.82) is 0 Å². The molecule has 0 radical (unpaired) electrons. The van der Waals surface area contributed by atoms with Crippen molar-refractivity contribution in [1.82, 2.24) is 9.97 Å². The van der Waals surface area contributed by atoms with E-state index in [4.69, 9.17) is 5.73 Å². The number of H-pyrrole nitrogens is 1. The molecule has 0 bridgehead atoms. The first kappa shape index (κ1) is 9.71. The van der Waals surface area contributed by atoms with Crippen LogP contribution in [0.25, 0.3) is 0 Å². The van der Waals surface area contributed by atoms with E-state index in [1.54, 1.807) is 0 Å². The number of imidazole rings is 1. The number of nitrogens with one attached hydrogen (secondary N) is 1. The molecule has 2 rings (SSSR count). The van der Waals surface area contributed by atoms with Crippen LogP contribution in [-0.2, 0) is 6.54 Å².